The molecule has 1 fully saturated rings. The van der Waals surface area contributed by atoms with Gasteiger partial charge in [0.2, 0.25) is 11.8 Å². The van der Waals surface area contributed by atoms with Crippen LogP contribution in [0.2, 0.25) is 5.15 Å². The molecule has 4 heterocycles. The molecule has 12 heteroatoms. The summed E-state index contributed by atoms with van der Waals surface area (Å²) < 4.78 is 44.1. The summed E-state index contributed by atoms with van der Waals surface area (Å²) >= 11 is 6.04. The molecule has 5 rings (SSSR count). The Labute approximate surface area is 210 Å². The van der Waals surface area contributed by atoms with Crippen LogP contribution in [0.3, 0.4) is 0 Å². The van der Waals surface area contributed by atoms with Crippen LogP contribution >= 0.6 is 11.6 Å². The molecule has 2 atom stereocenters. The molecule has 2 aliphatic heterocycles. The molecule has 1 saturated heterocycles. The highest BCUT2D eigenvalue weighted by molar-refractivity contribution is 6.29. The van der Waals surface area contributed by atoms with Crippen molar-refractivity contribution in [3.05, 3.63) is 52.9 Å². The maximum Gasteiger partial charge on any atom is 0.413 e. The third-order valence-electron chi connectivity index (χ3n) is 6.80. The molecule has 190 valence electrons. The number of nitrogens with zero attached hydrogens (tertiary/aromatic N) is 5. The fourth-order valence-electron chi connectivity index (χ4n) is 5.02. The Morgan fingerprint density at radius 3 is 2.67 bits per heavy atom. The number of aryl methyl sites for hydroxylation is 1. The van der Waals surface area contributed by atoms with Gasteiger partial charge in [-0.2, -0.15) is 18.3 Å². The summed E-state index contributed by atoms with van der Waals surface area (Å²) in [4.78, 5) is 31.4. The highest BCUT2D eigenvalue weighted by Crippen LogP contribution is 2.40. The molecular formula is C24H24ClF3N6O2. The number of benzene rings is 1. The quantitative estimate of drug-likeness (QED) is 0.561. The van der Waals surface area contributed by atoms with Crippen molar-refractivity contribution in [1.29, 1.82) is 0 Å². The molecule has 1 N–H and O–H groups in total. The number of nitrogens with one attached hydrogen (secondary N) is 1. The first-order chi connectivity index (χ1) is 17.1. The molecule has 2 aliphatic rings. The number of halogens is 4. The first kappa shape index (κ1) is 24.4. The average Bonchev–Trinajstić information content (AvgIpc) is 3.24. The SMILES string of the molecule is CN(C(=O)[C@@H]1CCC(=O)NC1)[C@@H](c1ccc(N2CCCc3c2cnc2cc(Cl)nn32)cc1)C(F)(F)F. The summed E-state index contributed by atoms with van der Waals surface area (Å²) in [6, 6.07) is 5.64. The van der Waals surface area contributed by atoms with Gasteiger partial charge in [-0.05, 0) is 37.0 Å². The van der Waals surface area contributed by atoms with Gasteiger partial charge in [0.25, 0.3) is 0 Å². The van der Waals surface area contributed by atoms with E-state index in [1.807, 2.05) is 4.90 Å². The number of hydrogen-bond donors (Lipinski definition) is 1. The monoisotopic (exact) mass is 520 g/mol. The highest BCUT2D eigenvalue weighted by Gasteiger charge is 2.46. The molecule has 2 aromatic heterocycles. The smallest absolute Gasteiger partial charge is 0.355 e. The zero-order chi connectivity index (χ0) is 25.6. The van der Waals surface area contributed by atoms with Gasteiger partial charge in [-0.25, -0.2) is 9.50 Å². The largest absolute Gasteiger partial charge is 0.413 e. The Bertz CT molecular complexity index is 1300. The van der Waals surface area contributed by atoms with Crippen LogP contribution in [0.25, 0.3) is 5.65 Å². The zero-order valence-corrected chi connectivity index (χ0v) is 20.2. The number of piperidine rings is 1. The van der Waals surface area contributed by atoms with E-state index < -0.39 is 24.0 Å². The molecular weight excluding hydrogens is 497 g/mol. The van der Waals surface area contributed by atoms with Crippen LogP contribution in [0, 0.1) is 5.92 Å². The van der Waals surface area contributed by atoms with E-state index in [-0.39, 0.29) is 30.9 Å². The Hall–Kier alpha value is -3.34. The fraction of sp³-hybridized carbons (Fsp3) is 0.417. The standard InChI is InChI=1S/C24H24ClF3N6O2/c1-32(23(36)15-6-9-21(35)30-12-15)22(24(26,27)28)14-4-7-16(8-5-14)33-10-2-3-17-18(33)13-29-20-11-19(25)31-34(17)20/h4-5,7-8,11,13,15,22H,2-3,6,9-10,12H2,1H3,(H,30,35)/t15-,22+/m1/s1. The van der Waals surface area contributed by atoms with Crippen LogP contribution in [-0.2, 0) is 16.0 Å². The molecule has 0 saturated carbocycles. The minimum atomic E-state index is -4.67. The van der Waals surface area contributed by atoms with E-state index in [9.17, 15) is 22.8 Å². The normalized spacial score (nSPS) is 19.1. The number of anilines is 2. The predicted molar refractivity (Wildman–Crippen MR) is 127 cm³/mol. The van der Waals surface area contributed by atoms with Crippen molar-refractivity contribution in [2.75, 3.05) is 25.0 Å². The van der Waals surface area contributed by atoms with E-state index >= 15 is 0 Å². The van der Waals surface area contributed by atoms with Crippen molar-refractivity contribution in [3.63, 3.8) is 0 Å². The van der Waals surface area contributed by atoms with Crippen molar-refractivity contribution in [2.24, 2.45) is 5.92 Å². The van der Waals surface area contributed by atoms with Gasteiger partial charge in [0.15, 0.2) is 16.8 Å². The van der Waals surface area contributed by atoms with Crippen molar-refractivity contribution in [2.45, 2.75) is 37.9 Å². The summed E-state index contributed by atoms with van der Waals surface area (Å²) in [6.45, 7) is 0.714. The Balaban J connectivity index is 1.42. The highest BCUT2D eigenvalue weighted by atomic mass is 35.5. The average molecular weight is 521 g/mol. The maximum absolute atomic E-state index is 14.1. The van der Waals surface area contributed by atoms with E-state index in [4.69, 9.17) is 11.6 Å². The molecule has 0 aliphatic carbocycles. The third kappa shape index (κ3) is 4.47. The molecule has 0 bridgehead atoms. The lowest BCUT2D eigenvalue weighted by Crippen LogP contribution is -2.47. The summed E-state index contributed by atoms with van der Waals surface area (Å²) in [5.74, 6) is -1.52. The number of fused-ring (bicyclic) bond motifs is 3. The van der Waals surface area contributed by atoms with Gasteiger partial charge >= 0.3 is 6.18 Å². The second-order valence-corrected chi connectivity index (χ2v) is 9.49. The Kier molecular flexibility index (Phi) is 6.27. The predicted octanol–water partition coefficient (Wildman–Crippen LogP) is 4.06. The van der Waals surface area contributed by atoms with Gasteiger partial charge in [0, 0.05) is 38.3 Å². The number of carbonyl (C=O) groups is 2. The fourth-order valence-corrected chi connectivity index (χ4v) is 5.20. The summed E-state index contributed by atoms with van der Waals surface area (Å²) in [6.07, 6.45) is -0.994. The Morgan fingerprint density at radius 1 is 1.25 bits per heavy atom. The summed E-state index contributed by atoms with van der Waals surface area (Å²) in [5.41, 5.74) is 3.06. The van der Waals surface area contributed by atoms with Gasteiger partial charge in [0.1, 0.15) is 0 Å². The maximum atomic E-state index is 14.1. The number of rotatable bonds is 4. The Morgan fingerprint density at radius 2 is 2.00 bits per heavy atom. The minimum absolute atomic E-state index is 0.0355. The van der Waals surface area contributed by atoms with Crippen molar-refractivity contribution < 1.29 is 22.8 Å². The number of hydrogen-bond acceptors (Lipinski definition) is 5. The number of aromatic nitrogens is 3. The second-order valence-electron chi connectivity index (χ2n) is 9.11. The minimum Gasteiger partial charge on any atom is -0.355 e. The number of alkyl halides is 3. The second kappa shape index (κ2) is 9.27. The van der Waals surface area contributed by atoms with Crippen molar-refractivity contribution in [3.8, 4) is 0 Å². The van der Waals surface area contributed by atoms with Crippen LogP contribution in [-0.4, -0.2) is 57.6 Å². The molecule has 0 radical (unpaired) electrons. The van der Waals surface area contributed by atoms with Gasteiger partial charge in [-0.3, -0.25) is 9.59 Å². The molecule has 1 aromatic carbocycles. The van der Waals surface area contributed by atoms with E-state index in [1.54, 1.807) is 28.9 Å². The van der Waals surface area contributed by atoms with Crippen LogP contribution in [0.15, 0.2) is 36.5 Å². The molecule has 8 nitrogen and oxygen atoms in total. The van der Waals surface area contributed by atoms with E-state index in [0.717, 1.165) is 36.2 Å². The van der Waals surface area contributed by atoms with Gasteiger partial charge in [-0.15, -0.1) is 0 Å². The first-order valence-electron chi connectivity index (χ1n) is 11.6. The van der Waals surface area contributed by atoms with Gasteiger partial charge in [-0.1, -0.05) is 23.7 Å². The summed E-state index contributed by atoms with van der Waals surface area (Å²) in [7, 11) is 1.16. The first-order valence-corrected chi connectivity index (χ1v) is 12.0. The lowest BCUT2D eigenvalue weighted by atomic mass is 9.95. The van der Waals surface area contributed by atoms with Gasteiger partial charge in [0.05, 0.1) is 23.5 Å². The van der Waals surface area contributed by atoms with Crippen LogP contribution in [0.5, 0.6) is 0 Å². The topological polar surface area (TPSA) is 82.8 Å². The van der Waals surface area contributed by atoms with E-state index in [0.29, 0.717) is 23.0 Å². The van der Waals surface area contributed by atoms with Gasteiger partial charge < -0.3 is 15.1 Å². The van der Waals surface area contributed by atoms with E-state index in [1.165, 1.54) is 12.1 Å². The van der Waals surface area contributed by atoms with Crippen LogP contribution < -0.4 is 10.2 Å². The van der Waals surface area contributed by atoms with Crippen molar-refractivity contribution in [1.82, 2.24) is 24.8 Å². The third-order valence-corrected chi connectivity index (χ3v) is 6.98. The molecule has 36 heavy (non-hydrogen) atoms. The summed E-state index contributed by atoms with van der Waals surface area (Å²) in [5, 5.41) is 7.20. The van der Waals surface area contributed by atoms with Crippen LogP contribution in [0.4, 0.5) is 24.5 Å². The number of carbonyl (C=O) groups excluding carboxylic acids is 2. The molecule has 0 spiro atoms. The molecule has 0 unspecified atom stereocenters. The molecule has 3 aromatic rings. The molecule has 2 amide bonds. The van der Waals surface area contributed by atoms with Crippen molar-refractivity contribution >= 4 is 40.4 Å². The lowest BCUT2D eigenvalue weighted by Gasteiger charge is -2.34. The van der Waals surface area contributed by atoms with E-state index in [2.05, 4.69) is 15.4 Å². The van der Waals surface area contributed by atoms with Crippen LogP contribution in [0.1, 0.15) is 36.6 Å². The number of amides is 2. The lowest BCUT2D eigenvalue weighted by molar-refractivity contribution is -0.190. The zero-order valence-electron chi connectivity index (χ0n) is 19.4.